The second-order valence-electron chi connectivity index (χ2n) is 4.74. The van der Waals surface area contributed by atoms with Gasteiger partial charge in [0.25, 0.3) is 0 Å². The highest BCUT2D eigenvalue weighted by Gasteiger charge is 2.30. The van der Waals surface area contributed by atoms with E-state index in [0.717, 1.165) is 19.6 Å². The highest BCUT2D eigenvalue weighted by Crippen LogP contribution is 2.17. The number of nitrogens with zero attached hydrogens (tertiary/aromatic N) is 3. The second-order valence-corrected chi connectivity index (χ2v) is 4.74. The van der Waals surface area contributed by atoms with Gasteiger partial charge in [-0.15, -0.1) is 0 Å². The van der Waals surface area contributed by atoms with Crippen LogP contribution in [0, 0.1) is 11.3 Å². The van der Waals surface area contributed by atoms with Crippen molar-refractivity contribution in [2.45, 2.75) is 32.4 Å². The molecular weight excluding hydrogens is 162 g/mol. The summed E-state index contributed by atoms with van der Waals surface area (Å²) >= 11 is 0. The molecule has 0 aromatic carbocycles. The van der Waals surface area contributed by atoms with Gasteiger partial charge in [0.05, 0.1) is 6.07 Å². The Bertz CT molecular complexity index is 211. The molecule has 1 saturated heterocycles. The zero-order chi connectivity index (χ0) is 10.1. The monoisotopic (exact) mass is 181 g/mol. The molecule has 0 radical (unpaired) electrons. The summed E-state index contributed by atoms with van der Waals surface area (Å²) in [6.45, 7) is 9.54. The highest BCUT2D eigenvalue weighted by atomic mass is 15.3. The van der Waals surface area contributed by atoms with E-state index in [0.29, 0.717) is 0 Å². The van der Waals surface area contributed by atoms with Gasteiger partial charge in [0.2, 0.25) is 0 Å². The van der Waals surface area contributed by atoms with E-state index < -0.39 is 0 Å². The Morgan fingerprint density at radius 1 is 1.31 bits per heavy atom. The molecule has 13 heavy (non-hydrogen) atoms. The lowest BCUT2D eigenvalue weighted by molar-refractivity contribution is 0.0530. The molecule has 3 heteroatoms. The fraction of sp³-hybridized carbons (Fsp3) is 0.900. The molecule has 1 aliphatic heterocycles. The summed E-state index contributed by atoms with van der Waals surface area (Å²) in [6, 6.07) is 2.40. The summed E-state index contributed by atoms with van der Waals surface area (Å²) in [6.07, 6.45) is 0. The first-order valence-corrected chi connectivity index (χ1v) is 4.80. The van der Waals surface area contributed by atoms with Crippen molar-refractivity contribution in [1.82, 2.24) is 9.80 Å². The van der Waals surface area contributed by atoms with Gasteiger partial charge in [-0.3, -0.25) is 9.80 Å². The molecule has 0 N–H and O–H groups in total. The van der Waals surface area contributed by atoms with Crippen LogP contribution < -0.4 is 0 Å². The zero-order valence-corrected chi connectivity index (χ0v) is 9.04. The van der Waals surface area contributed by atoms with Gasteiger partial charge in [-0.2, -0.15) is 5.26 Å². The Balaban J connectivity index is 2.61. The average molecular weight is 181 g/mol. The average Bonchev–Trinajstić information content (AvgIpc) is 2.03. The molecule has 0 spiro atoms. The van der Waals surface area contributed by atoms with Gasteiger partial charge in [-0.25, -0.2) is 0 Å². The van der Waals surface area contributed by atoms with E-state index in [2.05, 4.69) is 36.6 Å². The molecule has 0 aliphatic carbocycles. The Hall–Kier alpha value is -0.590. The number of hydrogen-bond donors (Lipinski definition) is 0. The van der Waals surface area contributed by atoms with E-state index in [-0.39, 0.29) is 11.6 Å². The lowest BCUT2D eigenvalue weighted by atomic mass is 10.0. The SMILES string of the molecule is CN1CCN(C(C)(C)C)CC1C#N. The van der Waals surface area contributed by atoms with Gasteiger partial charge in [0.1, 0.15) is 6.04 Å². The van der Waals surface area contributed by atoms with Crippen LogP contribution in [0.4, 0.5) is 0 Å². The Morgan fingerprint density at radius 2 is 1.92 bits per heavy atom. The van der Waals surface area contributed by atoms with E-state index in [1.807, 2.05) is 7.05 Å². The maximum Gasteiger partial charge on any atom is 0.110 e. The molecular formula is C10H19N3. The third-order valence-corrected chi connectivity index (χ3v) is 2.75. The smallest absolute Gasteiger partial charge is 0.110 e. The molecule has 1 atom stereocenters. The third kappa shape index (κ3) is 2.43. The molecule has 0 aromatic heterocycles. The Labute approximate surface area is 80.9 Å². The van der Waals surface area contributed by atoms with Crippen LogP contribution in [-0.4, -0.2) is 48.1 Å². The number of nitriles is 1. The van der Waals surface area contributed by atoms with Crippen LogP contribution in [0.25, 0.3) is 0 Å². The molecule has 0 bridgehead atoms. The molecule has 1 heterocycles. The van der Waals surface area contributed by atoms with Gasteiger partial charge in [0, 0.05) is 25.2 Å². The van der Waals surface area contributed by atoms with Crippen molar-refractivity contribution in [1.29, 1.82) is 5.26 Å². The van der Waals surface area contributed by atoms with Crippen molar-refractivity contribution >= 4 is 0 Å². The second kappa shape index (κ2) is 3.65. The molecule has 74 valence electrons. The number of likely N-dealkylation sites (N-methyl/N-ethyl adjacent to an activating group) is 1. The third-order valence-electron chi connectivity index (χ3n) is 2.75. The highest BCUT2D eigenvalue weighted by molar-refractivity contribution is 4.98. The van der Waals surface area contributed by atoms with Crippen molar-refractivity contribution in [3.63, 3.8) is 0 Å². The number of piperazine rings is 1. The standard InChI is InChI=1S/C10H19N3/c1-10(2,3)13-6-5-12(4)9(7-11)8-13/h9H,5-6,8H2,1-4H3. The predicted molar refractivity (Wildman–Crippen MR) is 53.4 cm³/mol. The van der Waals surface area contributed by atoms with Crippen LogP contribution in [0.5, 0.6) is 0 Å². The predicted octanol–water partition coefficient (Wildman–Crippen LogP) is 0.924. The summed E-state index contributed by atoms with van der Waals surface area (Å²) in [4.78, 5) is 4.50. The molecule has 1 unspecified atom stereocenters. The summed E-state index contributed by atoms with van der Waals surface area (Å²) in [7, 11) is 2.02. The molecule has 3 nitrogen and oxygen atoms in total. The molecule has 1 fully saturated rings. The van der Waals surface area contributed by atoms with E-state index >= 15 is 0 Å². The topological polar surface area (TPSA) is 30.3 Å². The zero-order valence-electron chi connectivity index (χ0n) is 9.04. The molecule has 1 rings (SSSR count). The van der Waals surface area contributed by atoms with Crippen molar-refractivity contribution in [3.8, 4) is 6.07 Å². The van der Waals surface area contributed by atoms with Crippen molar-refractivity contribution in [3.05, 3.63) is 0 Å². The molecule has 0 saturated carbocycles. The van der Waals surface area contributed by atoms with Gasteiger partial charge < -0.3 is 0 Å². The van der Waals surface area contributed by atoms with Crippen molar-refractivity contribution in [2.24, 2.45) is 0 Å². The van der Waals surface area contributed by atoms with Crippen LogP contribution in [0.3, 0.4) is 0 Å². The van der Waals surface area contributed by atoms with Crippen LogP contribution in [0.2, 0.25) is 0 Å². The maximum atomic E-state index is 8.93. The van der Waals surface area contributed by atoms with Crippen LogP contribution in [0.1, 0.15) is 20.8 Å². The van der Waals surface area contributed by atoms with Gasteiger partial charge in [-0.05, 0) is 27.8 Å². The molecule has 0 amide bonds. The fourth-order valence-electron chi connectivity index (χ4n) is 1.62. The Kier molecular flexibility index (Phi) is 2.94. The van der Waals surface area contributed by atoms with Crippen molar-refractivity contribution in [2.75, 3.05) is 26.7 Å². The van der Waals surface area contributed by atoms with E-state index in [9.17, 15) is 0 Å². The van der Waals surface area contributed by atoms with Gasteiger partial charge >= 0.3 is 0 Å². The Morgan fingerprint density at radius 3 is 2.38 bits per heavy atom. The van der Waals surface area contributed by atoms with Crippen molar-refractivity contribution < 1.29 is 0 Å². The van der Waals surface area contributed by atoms with Crippen LogP contribution >= 0.6 is 0 Å². The number of rotatable bonds is 0. The first-order chi connectivity index (χ1) is 5.95. The lowest BCUT2D eigenvalue weighted by Crippen LogP contribution is -2.56. The molecule has 1 aliphatic rings. The normalized spacial score (nSPS) is 27.2. The lowest BCUT2D eigenvalue weighted by Gasteiger charge is -2.43. The van der Waals surface area contributed by atoms with Crippen LogP contribution in [-0.2, 0) is 0 Å². The quantitative estimate of drug-likeness (QED) is 0.557. The number of hydrogen-bond acceptors (Lipinski definition) is 3. The first kappa shape index (κ1) is 10.5. The summed E-state index contributed by atoms with van der Waals surface area (Å²) in [5.41, 5.74) is 0.191. The first-order valence-electron chi connectivity index (χ1n) is 4.80. The summed E-state index contributed by atoms with van der Waals surface area (Å²) < 4.78 is 0. The van der Waals surface area contributed by atoms with Crippen LogP contribution in [0.15, 0.2) is 0 Å². The maximum absolute atomic E-state index is 8.93. The summed E-state index contributed by atoms with van der Waals surface area (Å²) in [5, 5.41) is 8.93. The molecule has 0 aromatic rings. The minimum atomic E-state index is 0.0629. The van der Waals surface area contributed by atoms with Gasteiger partial charge in [0.15, 0.2) is 0 Å². The fourth-order valence-corrected chi connectivity index (χ4v) is 1.62. The summed E-state index contributed by atoms with van der Waals surface area (Å²) in [5.74, 6) is 0. The van der Waals surface area contributed by atoms with Gasteiger partial charge in [-0.1, -0.05) is 0 Å². The van der Waals surface area contributed by atoms with E-state index in [1.54, 1.807) is 0 Å². The minimum absolute atomic E-state index is 0.0629. The van der Waals surface area contributed by atoms with E-state index in [4.69, 9.17) is 5.26 Å². The minimum Gasteiger partial charge on any atom is -0.295 e. The largest absolute Gasteiger partial charge is 0.295 e. The van der Waals surface area contributed by atoms with E-state index in [1.165, 1.54) is 0 Å².